The fraction of sp³-hybridized carbons (Fsp3) is 1.00. The first kappa shape index (κ1) is 11.4. The van der Waals surface area contributed by atoms with Gasteiger partial charge < -0.3 is 10.6 Å². The SMILES string of the molecule is NCC[C@@H]1CCCN(C2CCCCC2)C1. The quantitative estimate of drug-likeness (QED) is 0.775. The zero-order valence-corrected chi connectivity index (χ0v) is 9.96. The Hall–Kier alpha value is -0.0800. The molecule has 1 saturated carbocycles. The first-order chi connectivity index (χ1) is 7.40. The third kappa shape index (κ3) is 3.18. The van der Waals surface area contributed by atoms with E-state index in [4.69, 9.17) is 5.73 Å². The van der Waals surface area contributed by atoms with E-state index in [1.54, 1.807) is 0 Å². The third-order valence-electron chi connectivity index (χ3n) is 4.22. The van der Waals surface area contributed by atoms with Gasteiger partial charge in [-0.15, -0.1) is 0 Å². The number of hydrogen-bond donors (Lipinski definition) is 1. The smallest absolute Gasteiger partial charge is 0.00953 e. The summed E-state index contributed by atoms with van der Waals surface area (Å²) in [6.07, 6.45) is 11.4. The summed E-state index contributed by atoms with van der Waals surface area (Å²) in [4.78, 5) is 2.77. The summed E-state index contributed by atoms with van der Waals surface area (Å²) in [6.45, 7) is 3.57. The molecule has 2 fully saturated rings. The van der Waals surface area contributed by atoms with Crippen LogP contribution in [0.5, 0.6) is 0 Å². The van der Waals surface area contributed by atoms with Gasteiger partial charge >= 0.3 is 0 Å². The normalized spacial score (nSPS) is 30.6. The molecule has 0 aromatic heterocycles. The molecule has 0 radical (unpaired) electrons. The lowest BCUT2D eigenvalue weighted by molar-refractivity contribution is 0.0963. The lowest BCUT2D eigenvalue weighted by atomic mass is 9.89. The van der Waals surface area contributed by atoms with Crippen molar-refractivity contribution in [3.05, 3.63) is 0 Å². The number of nitrogens with two attached hydrogens (primary N) is 1. The van der Waals surface area contributed by atoms with E-state index < -0.39 is 0 Å². The van der Waals surface area contributed by atoms with Crippen LogP contribution >= 0.6 is 0 Å². The molecule has 2 rings (SSSR count). The van der Waals surface area contributed by atoms with Gasteiger partial charge in [-0.1, -0.05) is 19.3 Å². The predicted molar refractivity (Wildman–Crippen MR) is 64.8 cm³/mol. The first-order valence-electron chi connectivity index (χ1n) is 6.84. The van der Waals surface area contributed by atoms with Gasteiger partial charge in [0.25, 0.3) is 0 Å². The molecule has 2 heteroatoms. The number of hydrogen-bond acceptors (Lipinski definition) is 2. The highest BCUT2D eigenvalue weighted by Crippen LogP contribution is 2.27. The largest absolute Gasteiger partial charge is 0.330 e. The maximum absolute atomic E-state index is 5.66. The van der Waals surface area contributed by atoms with E-state index in [1.165, 1.54) is 64.5 Å². The molecule has 2 aliphatic rings. The Kier molecular flexibility index (Phi) is 4.45. The highest BCUT2D eigenvalue weighted by molar-refractivity contribution is 4.81. The molecule has 0 spiro atoms. The highest BCUT2D eigenvalue weighted by atomic mass is 15.2. The van der Waals surface area contributed by atoms with E-state index in [0.717, 1.165) is 18.5 Å². The second kappa shape index (κ2) is 5.86. The molecule has 1 aliphatic carbocycles. The van der Waals surface area contributed by atoms with Gasteiger partial charge in [-0.2, -0.15) is 0 Å². The molecule has 1 aliphatic heterocycles. The van der Waals surface area contributed by atoms with E-state index >= 15 is 0 Å². The molecule has 1 saturated heterocycles. The van der Waals surface area contributed by atoms with Crippen molar-refractivity contribution in [3.63, 3.8) is 0 Å². The lowest BCUT2D eigenvalue weighted by Gasteiger charge is -2.40. The van der Waals surface area contributed by atoms with Crippen molar-refractivity contribution in [3.8, 4) is 0 Å². The van der Waals surface area contributed by atoms with Crippen LogP contribution in [0.3, 0.4) is 0 Å². The van der Waals surface area contributed by atoms with Gasteiger partial charge in [-0.05, 0) is 51.1 Å². The van der Waals surface area contributed by atoms with E-state index in [1.807, 2.05) is 0 Å². The number of likely N-dealkylation sites (tertiary alicyclic amines) is 1. The fourth-order valence-corrected chi connectivity index (χ4v) is 3.35. The number of nitrogens with zero attached hydrogens (tertiary/aromatic N) is 1. The van der Waals surface area contributed by atoms with Crippen LogP contribution in [-0.4, -0.2) is 30.6 Å². The molecule has 15 heavy (non-hydrogen) atoms. The van der Waals surface area contributed by atoms with Crippen molar-refractivity contribution in [2.24, 2.45) is 11.7 Å². The second-order valence-corrected chi connectivity index (χ2v) is 5.37. The summed E-state index contributed by atoms with van der Waals surface area (Å²) in [7, 11) is 0. The molecule has 0 aromatic rings. The van der Waals surface area contributed by atoms with Gasteiger partial charge in [0.1, 0.15) is 0 Å². The molecule has 0 amide bonds. The summed E-state index contributed by atoms with van der Waals surface area (Å²) in [5.74, 6) is 0.894. The zero-order chi connectivity index (χ0) is 10.5. The zero-order valence-electron chi connectivity index (χ0n) is 9.96. The Labute approximate surface area is 94.2 Å². The molecule has 1 atom stereocenters. The molecule has 0 bridgehead atoms. The summed E-state index contributed by atoms with van der Waals surface area (Å²) < 4.78 is 0. The minimum Gasteiger partial charge on any atom is -0.330 e. The van der Waals surface area contributed by atoms with Gasteiger partial charge in [0.05, 0.1) is 0 Å². The Morgan fingerprint density at radius 3 is 2.53 bits per heavy atom. The van der Waals surface area contributed by atoms with Gasteiger partial charge in [0.2, 0.25) is 0 Å². The summed E-state index contributed by atoms with van der Waals surface area (Å²) in [5, 5.41) is 0. The molecule has 88 valence electrons. The maximum Gasteiger partial charge on any atom is 0.00953 e. The van der Waals surface area contributed by atoms with Crippen LogP contribution in [0.2, 0.25) is 0 Å². The minimum atomic E-state index is 0.878. The van der Waals surface area contributed by atoms with Crippen molar-refractivity contribution in [2.75, 3.05) is 19.6 Å². The van der Waals surface area contributed by atoms with Crippen molar-refractivity contribution in [2.45, 2.75) is 57.4 Å². The molecule has 2 N–H and O–H groups in total. The van der Waals surface area contributed by atoms with Gasteiger partial charge in [0, 0.05) is 12.6 Å². The summed E-state index contributed by atoms with van der Waals surface area (Å²) in [5.41, 5.74) is 5.66. The molecular formula is C13H26N2. The third-order valence-corrected chi connectivity index (χ3v) is 4.22. The predicted octanol–water partition coefficient (Wildman–Crippen LogP) is 2.38. The average Bonchev–Trinajstić information content (AvgIpc) is 2.31. The van der Waals surface area contributed by atoms with Crippen molar-refractivity contribution < 1.29 is 0 Å². The summed E-state index contributed by atoms with van der Waals surface area (Å²) >= 11 is 0. The first-order valence-corrected chi connectivity index (χ1v) is 6.84. The second-order valence-electron chi connectivity index (χ2n) is 5.37. The van der Waals surface area contributed by atoms with Gasteiger partial charge in [-0.25, -0.2) is 0 Å². The van der Waals surface area contributed by atoms with Crippen LogP contribution in [0.4, 0.5) is 0 Å². The molecule has 1 heterocycles. The minimum absolute atomic E-state index is 0.878. The van der Waals surface area contributed by atoms with Crippen LogP contribution in [0, 0.1) is 5.92 Å². The average molecular weight is 210 g/mol. The maximum atomic E-state index is 5.66. The van der Waals surface area contributed by atoms with Crippen LogP contribution < -0.4 is 5.73 Å². The topological polar surface area (TPSA) is 29.3 Å². The Morgan fingerprint density at radius 1 is 1.00 bits per heavy atom. The Balaban J connectivity index is 1.80. The van der Waals surface area contributed by atoms with Gasteiger partial charge in [-0.3, -0.25) is 0 Å². The van der Waals surface area contributed by atoms with Crippen LogP contribution in [0.1, 0.15) is 51.4 Å². The Bertz CT molecular complexity index is 173. The standard InChI is InChI=1S/C13H26N2/c14-9-8-12-5-4-10-15(11-12)13-6-2-1-3-7-13/h12-13H,1-11,14H2/t12-/m0/s1. The Morgan fingerprint density at radius 2 is 1.80 bits per heavy atom. The molecule has 0 aromatic carbocycles. The lowest BCUT2D eigenvalue weighted by Crippen LogP contribution is -2.43. The fourth-order valence-electron chi connectivity index (χ4n) is 3.35. The number of piperidine rings is 1. The molecular weight excluding hydrogens is 184 g/mol. The van der Waals surface area contributed by atoms with Crippen LogP contribution in [0.15, 0.2) is 0 Å². The van der Waals surface area contributed by atoms with E-state index in [2.05, 4.69) is 4.90 Å². The highest BCUT2D eigenvalue weighted by Gasteiger charge is 2.26. The van der Waals surface area contributed by atoms with E-state index in [0.29, 0.717) is 0 Å². The van der Waals surface area contributed by atoms with Gasteiger partial charge in [0.15, 0.2) is 0 Å². The number of rotatable bonds is 3. The van der Waals surface area contributed by atoms with Crippen molar-refractivity contribution >= 4 is 0 Å². The van der Waals surface area contributed by atoms with E-state index in [9.17, 15) is 0 Å². The summed E-state index contributed by atoms with van der Waals surface area (Å²) in [6, 6.07) is 0.916. The van der Waals surface area contributed by atoms with Crippen LogP contribution in [0.25, 0.3) is 0 Å². The molecule has 2 nitrogen and oxygen atoms in total. The van der Waals surface area contributed by atoms with E-state index in [-0.39, 0.29) is 0 Å². The van der Waals surface area contributed by atoms with Crippen molar-refractivity contribution in [1.82, 2.24) is 4.90 Å². The monoisotopic (exact) mass is 210 g/mol. The van der Waals surface area contributed by atoms with Crippen LogP contribution in [-0.2, 0) is 0 Å². The molecule has 0 unspecified atom stereocenters. The van der Waals surface area contributed by atoms with Crippen molar-refractivity contribution in [1.29, 1.82) is 0 Å².